The molecule has 1 atom stereocenters. The molecule has 0 aliphatic carbocycles. The van der Waals surface area contributed by atoms with E-state index in [1.165, 1.54) is 0 Å². The summed E-state index contributed by atoms with van der Waals surface area (Å²) in [5, 5.41) is 5.61. The first-order valence-corrected chi connectivity index (χ1v) is 8.05. The normalized spacial score (nSPS) is 16.6. The summed E-state index contributed by atoms with van der Waals surface area (Å²) in [6.45, 7) is 2.05. The van der Waals surface area contributed by atoms with Crippen molar-refractivity contribution in [3.8, 4) is 0 Å². The summed E-state index contributed by atoms with van der Waals surface area (Å²) in [5.74, 6) is 0.310. The van der Waals surface area contributed by atoms with Crippen molar-refractivity contribution in [1.29, 1.82) is 0 Å². The van der Waals surface area contributed by atoms with Crippen LogP contribution in [0.1, 0.15) is 22.3 Å². The van der Waals surface area contributed by atoms with Gasteiger partial charge in [0.1, 0.15) is 0 Å². The van der Waals surface area contributed by atoms with E-state index in [4.69, 9.17) is 4.74 Å². The number of carbonyl (C=O) groups excluding carboxylic acids is 2. The summed E-state index contributed by atoms with van der Waals surface area (Å²) in [6, 6.07) is 15.8. The lowest BCUT2D eigenvalue weighted by Gasteiger charge is -2.11. The molecule has 0 bridgehead atoms. The van der Waals surface area contributed by atoms with Crippen LogP contribution in [0.5, 0.6) is 0 Å². The van der Waals surface area contributed by atoms with E-state index in [0.717, 1.165) is 13.0 Å². The molecule has 5 heteroatoms. The molecule has 0 radical (unpaired) electrons. The van der Waals surface area contributed by atoms with Gasteiger partial charge >= 0.3 is 6.03 Å². The molecule has 1 fully saturated rings. The summed E-state index contributed by atoms with van der Waals surface area (Å²) >= 11 is 0. The molecule has 0 aromatic heterocycles. The lowest BCUT2D eigenvalue weighted by molar-refractivity contribution is 0.103. The summed E-state index contributed by atoms with van der Waals surface area (Å²) < 4.78 is 5.28. The van der Waals surface area contributed by atoms with Crippen molar-refractivity contribution in [3.63, 3.8) is 0 Å². The van der Waals surface area contributed by atoms with Crippen LogP contribution in [0.3, 0.4) is 0 Å². The minimum absolute atomic E-state index is 0.0669. The van der Waals surface area contributed by atoms with E-state index in [1.54, 1.807) is 36.4 Å². The quantitative estimate of drug-likeness (QED) is 0.831. The van der Waals surface area contributed by atoms with Crippen LogP contribution in [0.25, 0.3) is 0 Å². The molecule has 0 unspecified atom stereocenters. The Morgan fingerprint density at radius 1 is 1.04 bits per heavy atom. The van der Waals surface area contributed by atoms with E-state index < -0.39 is 0 Å². The van der Waals surface area contributed by atoms with Gasteiger partial charge in [-0.05, 0) is 18.6 Å². The highest BCUT2D eigenvalue weighted by Crippen LogP contribution is 2.15. The fourth-order valence-corrected chi connectivity index (χ4v) is 2.65. The van der Waals surface area contributed by atoms with Gasteiger partial charge in [-0.1, -0.05) is 42.5 Å². The zero-order valence-corrected chi connectivity index (χ0v) is 13.3. The van der Waals surface area contributed by atoms with Crippen LogP contribution in [0.2, 0.25) is 0 Å². The Morgan fingerprint density at radius 3 is 2.58 bits per heavy atom. The van der Waals surface area contributed by atoms with Crippen LogP contribution in [0.4, 0.5) is 10.5 Å². The van der Waals surface area contributed by atoms with Crippen molar-refractivity contribution < 1.29 is 14.3 Å². The molecule has 0 saturated carbocycles. The Morgan fingerprint density at radius 2 is 1.83 bits per heavy atom. The minimum atomic E-state index is -0.272. The second-order valence-electron chi connectivity index (χ2n) is 5.84. The van der Waals surface area contributed by atoms with E-state index in [2.05, 4.69) is 10.6 Å². The Hall–Kier alpha value is -2.66. The smallest absolute Gasteiger partial charge is 0.319 e. The monoisotopic (exact) mass is 324 g/mol. The third-order valence-electron chi connectivity index (χ3n) is 3.99. The lowest BCUT2D eigenvalue weighted by atomic mass is 10.0. The predicted octanol–water partition coefficient (Wildman–Crippen LogP) is 3.08. The van der Waals surface area contributed by atoms with Crippen molar-refractivity contribution in [3.05, 3.63) is 65.7 Å². The summed E-state index contributed by atoms with van der Waals surface area (Å²) in [5.41, 5.74) is 1.76. The third kappa shape index (κ3) is 4.20. The molecule has 5 nitrogen and oxygen atoms in total. The second kappa shape index (κ2) is 7.75. The minimum Gasteiger partial charge on any atom is -0.381 e. The molecule has 1 saturated heterocycles. The van der Waals surface area contributed by atoms with Crippen LogP contribution in [-0.4, -0.2) is 31.6 Å². The summed E-state index contributed by atoms with van der Waals surface area (Å²) in [4.78, 5) is 24.4. The van der Waals surface area contributed by atoms with E-state index in [9.17, 15) is 9.59 Å². The first-order chi connectivity index (χ1) is 11.7. The number of benzene rings is 2. The van der Waals surface area contributed by atoms with Crippen LogP contribution < -0.4 is 10.6 Å². The number of nitrogens with one attached hydrogen (secondary N) is 2. The number of hydrogen-bond acceptors (Lipinski definition) is 3. The predicted molar refractivity (Wildman–Crippen MR) is 92.3 cm³/mol. The molecule has 24 heavy (non-hydrogen) atoms. The fourth-order valence-electron chi connectivity index (χ4n) is 2.65. The van der Waals surface area contributed by atoms with Gasteiger partial charge in [-0.25, -0.2) is 4.79 Å². The van der Waals surface area contributed by atoms with Crippen molar-refractivity contribution in [2.45, 2.75) is 6.42 Å². The van der Waals surface area contributed by atoms with Crippen molar-refractivity contribution in [2.24, 2.45) is 5.92 Å². The van der Waals surface area contributed by atoms with Crippen molar-refractivity contribution in [2.75, 3.05) is 25.1 Å². The number of amides is 2. The number of rotatable bonds is 5. The molecule has 1 aliphatic heterocycles. The lowest BCUT2D eigenvalue weighted by Crippen LogP contribution is -2.33. The first kappa shape index (κ1) is 16.2. The van der Waals surface area contributed by atoms with Crippen molar-refractivity contribution in [1.82, 2.24) is 5.32 Å². The van der Waals surface area contributed by atoms with Gasteiger partial charge in [0.05, 0.1) is 6.61 Å². The van der Waals surface area contributed by atoms with Gasteiger partial charge in [0.25, 0.3) is 0 Å². The largest absolute Gasteiger partial charge is 0.381 e. The Bertz CT molecular complexity index is 710. The molecule has 2 N–H and O–H groups in total. The summed E-state index contributed by atoms with van der Waals surface area (Å²) in [7, 11) is 0. The maximum absolute atomic E-state index is 12.4. The molecular formula is C19H20N2O3. The molecule has 3 rings (SSSR count). The van der Waals surface area contributed by atoms with Gasteiger partial charge in [-0.15, -0.1) is 0 Å². The number of urea groups is 1. The maximum atomic E-state index is 12.4. The number of anilines is 1. The highest BCUT2D eigenvalue weighted by atomic mass is 16.5. The average molecular weight is 324 g/mol. The third-order valence-corrected chi connectivity index (χ3v) is 3.99. The molecule has 2 aromatic carbocycles. The van der Waals surface area contributed by atoms with Crippen LogP contribution in [0, 0.1) is 5.92 Å². The van der Waals surface area contributed by atoms with Crippen molar-refractivity contribution >= 4 is 17.5 Å². The van der Waals surface area contributed by atoms with E-state index >= 15 is 0 Å². The van der Waals surface area contributed by atoms with Gasteiger partial charge in [0.15, 0.2) is 5.78 Å². The van der Waals surface area contributed by atoms with Gasteiger partial charge < -0.3 is 15.4 Å². The van der Waals surface area contributed by atoms with Crippen LogP contribution >= 0.6 is 0 Å². The van der Waals surface area contributed by atoms with Crippen LogP contribution in [-0.2, 0) is 4.74 Å². The number of ether oxygens (including phenoxy) is 1. The van der Waals surface area contributed by atoms with Gasteiger partial charge in [0, 0.05) is 35.9 Å². The zero-order valence-electron chi connectivity index (χ0n) is 13.3. The van der Waals surface area contributed by atoms with E-state index in [0.29, 0.717) is 35.9 Å². The zero-order chi connectivity index (χ0) is 16.8. The fraction of sp³-hybridized carbons (Fsp3) is 0.263. The van der Waals surface area contributed by atoms with Gasteiger partial charge in [-0.2, -0.15) is 0 Å². The number of hydrogen-bond donors (Lipinski definition) is 2. The van der Waals surface area contributed by atoms with Gasteiger partial charge in [0.2, 0.25) is 0 Å². The van der Waals surface area contributed by atoms with E-state index in [1.807, 2.05) is 18.2 Å². The second-order valence-corrected chi connectivity index (χ2v) is 5.84. The topological polar surface area (TPSA) is 67.4 Å². The highest BCUT2D eigenvalue weighted by Gasteiger charge is 2.16. The molecule has 0 spiro atoms. The Kier molecular flexibility index (Phi) is 5.23. The molecule has 2 aromatic rings. The molecule has 1 heterocycles. The summed E-state index contributed by atoms with van der Waals surface area (Å²) in [6.07, 6.45) is 0.974. The molecule has 124 valence electrons. The Labute approximate surface area is 141 Å². The maximum Gasteiger partial charge on any atom is 0.319 e. The number of carbonyl (C=O) groups is 2. The molecular weight excluding hydrogens is 304 g/mol. The average Bonchev–Trinajstić information content (AvgIpc) is 3.14. The standard InChI is InChI=1S/C19H20N2O3/c22-18(15-5-2-1-3-6-15)16-7-4-8-17(11-16)21-19(23)20-12-14-9-10-24-13-14/h1-8,11,14H,9-10,12-13H2,(H2,20,21,23)/t14-/m0/s1. The van der Waals surface area contributed by atoms with E-state index in [-0.39, 0.29) is 11.8 Å². The molecule has 1 aliphatic rings. The van der Waals surface area contributed by atoms with Gasteiger partial charge in [-0.3, -0.25) is 4.79 Å². The Balaban J connectivity index is 1.60. The highest BCUT2D eigenvalue weighted by molar-refractivity contribution is 6.09. The van der Waals surface area contributed by atoms with Crippen LogP contribution in [0.15, 0.2) is 54.6 Å². The number of ketones is 1. The SMILES string of the molecule is O=C(NC[C@@H]1CCOC1)Nc1cccc(C(=O)c2ccccc2)c1. The first-order valence-electron chi connectivity index (χ1n) is 8.05. The molecule has 2 amide bonds.